The van der Waals surface area contributed by atoms with Crippen molar-refractivity contribution in [3.05, 3.63) is 60.8 Å². The highest BCUT2D eigenvalue weighted by molar-refractivity contribution is 7.46. The van der Waals surface area contributed by atoms with Gasteiger partial charge in [-0.3, -0.25) is 14.1 Å². The Labute approximate surface area is 317 Å². The summed E-state index contributed by atoms with van der Waals surface area (Å²) < 4.78 is 26.3. The number of carbonyl (C=O) groups excluding carboxylic acids is 2. The molecule has 0 radical (unpaired) electrons. The van der Waals surface area contributed by atoms with Gasteiger partial charge in [0.15, 0.2) is 6.10 Å². The minimum absolute atomic E-state index is 0.136. The van der Waals surface area contributed by atoms with Crippen LogP contribution in [0, 0.1) is 0 Å². The number of esters is 2. The molecular weight excluding hydrogens is 675 g/mol. The maximum Gasteiger partial charge on any atom is 0.469 e. The van der Waals surface area contributed by atoms with Gasteiger partial charge in [-0.15, -0.1) is 0 Å². The lowest BCUT2D eigenvalue weighted by Gasteiger charge is -2.18. The van der Waals surface area contributed by atoms with Crippen molar-refractivity contribution in [1.82, 2.24) is 0 Å². The Morgan fingerprint density at radius 3 is 1.38 bits per heavy atom. The largest absolute Gasteiger partial charge is 0.469 e. The average molecular weight is 751 g/mol. The Hall–Kier alpha value is -2.25. The van der Waals surface area contributed by atoms with E-state index in [1.807, 2.05) is 6.08 Å². The summed E-state index contributed by atoms with van der Waals surface area (Å²) in [4.78, 5) is 42.8. The predicted octanol–water partition coefficient (Wildman–Crippen LogP) is 12.5. The highest BCUT2D eigenvalue weighted by Gasteiger charge is 2.22. The van der Waals surface area contributed by atoms with Crippen LogP contribution in [0.2, 0.25) is 0 Å². The molecule has 0 spiro atoms. The van der Waals surface area contributed by atoms with Gasteiger partial charge in [-0.2, -0.15) is 0 Å². The summed E-state index contributed by atoms with van der Waals surface area (Å²) in [5.74, 6) is -0.957. The van der Waals surface area contributed by atoms with Crippen LogP contribution < -0.4 is 0 Å². The third kappa shape index (κ3) is 40.5. The number of phosphoric acid groups is 1. The summed E-state index contributed by atoms with van der Waals surface area (Å²) in [6.45, 7) is 3.60. The van der Waals surface area contributed by atoms with Crippen LogP contribution in [0.3, 0.4) is 0 Å². The van der Waals surface area contributed by atoms with Crippen LogP contribution in [0.4, 0.5) is 0 Å². The first-order chi connectivity index (χ1) is 25.3. The van der Waals surface area contributed by atoms with E-state index >= 15 is 0 Å². The molecule has 0 aliphatic heterocycles. The van der Waals surface area contributed by atoms with E-state index in [9.17, 15) is 14.2 Å². The standard InChI is InChI=1S/C43H75O8P/c1-3-5-7-9-11-13-15-17-19-21-23-25-27-29-31-33-35-37-42(44)49-39-41(40-50-52(46,47)48)51-43(45)38-36-34-32-30-28-26-24-22-20-18-16-14-12-10-8-6-4-2/h11,13,17-20,24,26,30,32,41H,3-10,12,14-16,21-23,25,27-29,31,33-40H2,1-2H3,(H2,46,47,48)/b13-11+,19-17+,20-18+,26-24+,32-30+/t41-/m1/s1. The van der Waals surface area contributed by atoms with Gasteiger partial charge in [-0.1, -0.05) is 152 Å². The summed E-state index contributed by atoms with van der Waals surface area (Å²) in [6.07, 6.45) is 48.0. The molecule has 0 aliphatic carbocycles. The molecule has 0 aromatic carbocycles. The maximum atomic E-state index is 12.4. The van der Waals surface area contributed by atoms with Crippen molar-refractivity contribution in [3.8, 4) is 0 Å². The first kappa shape index (κ1) is 49.8. The minimum Gasteiger partial charge on any atom is -0.462 e. The third-order valence-corrected chi connectivity index (χ3v) is 8.99. The van der Waals surface area contributed by atoms with Gasteiger partial charge in [0, 0.05) is 12.8 Å². The number of hydrogen-bond donors (Lipinski definition) is 2. The molecule has 0 saturated heterocycles. The van der Waals surface area contributed by atoms with Gasteiger partial charge in [0.05, 0.1) is 6.61 Å². The number of rotatable bonds is 37. The van der Waals surface area contributed by atoms with Gasteiger partial charge >= 0.3 is 19.8 Å². The second-order valence-corrected chi connectivity index (χ2v) is 14.8. The fourth-order valence-corrected chi connectivity index (χ4v) is 5.78. The molecule has 0 heterocycles. The summed E-state index contributed by atoms with van der Waals surface area (Å²) in [6, 6.07) is 0. The molecule has 1 atom stereocenters. The van der Waals surface area contributed by atoms with E-state index in [2.05, 4.69) is 73.1 Å². The van der Waals surface area contributed by atoms with Gasteiger partial charge in [-0.25, -0.2) is 4.57 Å². The summed E-state index contributed by atoms with van der Waals surface area (Å²) in [7, 11) is -4.77. The molecule has 9 heteroatoms. The van der Waals surface area contributed by atoms with E-state index in [1.165, 1.54) is 83.5 Å². The zero-order chi connectivity index (χ0) is 38.2. The zero-order valence-corrected chi connectivity index (χ0v) is 33.8. The molecule has 300 valence electrons. The Kier molecular flexibility index (Phi) is 36.8. The smallest absolute Gasteiger partial charge is 0.462 e. The zero-order valence-electron chi connectivity index (χ0n) is 32.9. The molecule has 52 heavy (non-hydrogen) atoms. The molecular formula is C43H75O8P. The molecule has 0 aromatic heterocycles. The summed E-state index contributed by atoms with van der Waals surface area (Å²) in [5.41, 5.74) is 0. The van der Waals surface area contributed by atoms with Crippen LogP contribution in [0.15, 0.2) is 60.8 Å². The van der Waals surface area contributed by atoms with E-state index in [-0.39, 0.29) is 19.4 Å². The van der Waals surface area contributed by atoms with E-state index in [1.54, 1.807) is 0 Å². The number of allylic oxidation sites excluding steroid dienone is 10. The van der Waals surface area contributed by atoms with Crippen LogP contribution in [0.25, 0.3) is 0 Å². The third-order valence-electron chi connectivity index (χ3n) is 8.51. The second-order valence-electron chi connectivity index (χ2n) is 13.6. The normalized spacial score (nSPS) is 13.1. The van der Waals surface area contributed by atoms with Crippen molar-refractivity contribution in [2.75, 3.05) is 13.2 Å². The molecule has 0 fully saturated rings. The summed E-state index contributed by atoms with van der Waals surface area (Å²) >= 11 is 0. The van der Waals surface area contributed by atoms with Crippen molar-refractivity contribution >= 4 is 19.8 Å². The van der Waals surface area contributed by atoms with Crippen molar-refractivity contribution in [2.24, 2.45) is 0 Å². The van der Waals surface area contributed by atoms with E-state index in [4.69, 9.17) is 19.3 Å². The Balaban J connectivity index is 4.04. The van der Waals surface area contributed by atoms with Crippen molar-refractivity contribution in [2.45, 2.75) is 187 Å². The number of hydrogen-bond acceptors (Lipinski definition) is 6. The molecule has 0 aliphatic rings. The summed E-state index contributed by atoms with van der Waals surface area (Å²) in [5, 5.41) is 0. The minimum atomic E-state index is -4.77. The average Bonchev–Trinajstić information content (AvgIpc) is 3.11. The number of unbranched alkanes of at least 4 members (excludes halogenated alkanes) is 17. The Morgan fingerprint density at radius 1 is 0.500 bits per heavy atom. The van der Waals surface area contributed by atoms with Gasteiger partial charge in [0.2, 0.25) is 0 Å². The molecule has 0 saturated carbocycles. The van der Waals surface area contributed by atoms with E-state index in [0.717, 1.165) is 51.4 Å². The lowest BCUT2D eigenvalue weighted by molar-refractivity contribution is -0.161. The van der Waals surface area contributed by atoms with Gasteiger partial charge in [0.25, 0.3) is 0 Å². The first-order valence-electron chi connectivity index (χ1n) is 20.6. The maximum absolute atomic E-state index is 12.4. The number of carbonyl (C=O) groups is 2. The lowest BCUT2D eigenvalue weighted by Crippen LogP contribution is -2.29. The fraction of sp³-hybridized carbons (Fsp3) is 0.721. The van der Waals surface area contributed by atoms with Gasteiger partial charge in [-0.05, 0) is 77.0 Å². The molecule has 2 N–H and O–H groups in total. The lowest BCUT2D eigenvalue weighted by atomic mass is 10.1. The first-order valence-corrected chi connectivity index (χ1v) is 22.1. The molecule has 0 unspecified atom stereocenters. The highest BCUT2D eigenvalue weighted by Crippen LogP contribution is 2.36. The van der Waals surface area contributed by atoms with Gasteiger partial charge in [0.1, 0.15) is 6.61 Å². The SMILES string of the molecule is CCCCC/C=C/C/C=C/CCCCCCCCCC(=O)OC[C@H](COP(=O)(O)O)OC(=O)CCC/C=C/C/C=C/C/C=C/CCCCCCCC. The highest BCUT2D eigenvalue weighted by atomic mass is 31.2. The van der Waals surface area contributed by atoms with E-state index in [0.29, 0.717) is 19.3 Å². The number of phosphoric ester groups is 1. The number of ether oxygens (including phenoxy) is 2. The second kappa shape index (κ2) is 38.5. The molecule has 8 nitrogen and oxygen atoms in total. The molecule has 0 rings (SSSR count). The van der Waals surface area contributed by atoms with Crippen molar-refractivity contribution in [1.29, 1.82) is 0 Å². The van der Waals surface area contributed by atoms with Crippen LogP contribution in [-0.2, 0) is 28.2 Å². The Bertz CT molecular complexity index is 1030. The van der Waals surface area contributed by atoms with Gasteiger partial charge < -0.3 is 19.3 Å². The monoisotopic (exact) mass is 751 g/mol. The van der Waals surface area contributed by atoms with Crippen molar-refractivity contribution < 1.29 is 37.9 Å². The Morgan fingerprint density at radius 2 is 0.885 bits per heavy atom. The molecule has 0 aromatic rings. The topological polar surface area (TPSA) is 119 Å². The molecule has 0 bridgehead atoms. The van der Waals surface area contributed by atoms with Crippen LogP contribution >= 0.6 is 7.82 Å². The predicted molar refractivity (Wildman–Crippen MR) is 216 cm³/mol. The van der Waals surface area contributed by atoms with E-state index < -0.39 is 32.5 Å². The quantitative estimate of drug-likeness (QED) is 0.0279. The van der Waals surface area contributed by atoms with Crippen LogP contribution in [-0.4, -0.2) is 41.0 Å². The molecule has 0 amide bonds. The van der Waals surface area contributed by atoms with Crippen LogP contribution in [0.1, 0.15) is 181 Å². The van der Waals surface area contributed by atoms with Crippen molar-refractivity contribution in [3.63, 3.8) is 0 Å². The fourth-order valence-electron chi connectivity index (χ4n) is 5.42. The van der Waals surface area contributed by atoms with Crippen LogP contribution in [0.5, 0.6) is 0 Å².